The van der Waals surface area contributed by atoms with Crippen molar-refractivity contribution in [3.63, 3.8) is 0 Å². The van der Waals surface area contributed by atoms with Crippen LogP contribution in [0, 0.1) is 25.6 Å². The van der Waals surface area contributed by atoms with Gasteiger partial charge in [0.05, 0.1) is 5.52 Å². The van der Waals surface area contributed by atoms with Crippen molar-refractivity contribution in [3.05, 3.63) is 34.8 Å². The number of hydrogen-bond acceptors (Lipinski definition) is 1. The van der Waals surface area contributed by atoms with Crippen LogP contribution in [-0.2, 0) is 6.42 Å². The highest BCUT2D eigenvalue weighted by Gasteiger charge is 2.16. The van der Waals surface area contributed by atoms with Gasteiger partial charge in [0.15, 0.2) is 0 Å². The number of aryl methyl sites for hydroxylation is 2. The van der Waals surface area contributed by atoms with Gasteiger partial charge >= 0.3 is 0 Å². The summed E-state index contributed by atoms with van der Waals surface area (Å²) in [6, 6.07) is 3.86. The molecular weight excluding hydrogens is 239 g/mol. The fraction of sp³-hybridized carbons (Fsp3) is 0.500. The van der Waals surface area contributed by atoms with Crippen LogP contribution in [0.3, 0.4) is 0 Å². The average molecular weight is 260 g/mol. The highest BCUT2D eigenvalue weighted by Crippen LogP contribution is 2.27. The Labute approximate surface area is 113 Å². The smallest absolute Gasteiger partial charge is 0.147 e. The van der Waals surface area contributed by atoms with E-state index in [0.717, 1.165) is 41.7 Å². The quantitative estimate of drug-likeness (QED) is 0.850. The molecule has 1 aromatic carbocycles. The topological polar surface area (TPSA) is 27.8 Å². The van der Waals surface area contributed by atoms with Crippen LogP contribution in [0.2, 0.25) is 0 Å². The lowest BCUT2D eigenvalue weighted by molar-refractivity contribution is 0.376. The predicted octanol–water partition coefficient (Wildman–Crippen LogP) is 3.47. The van der Waals surface area contributed by atoms with Crippen LogP contribution in [0.25, 0.3) is 10.9 Å². The summed E-state index contributed by atoms with van der Waals surface area (Å²) in [5.74, 6) is 0.526. The SMILES string of the molecule is Cc1[nH]c2c(F)cc(CC3CCCNC3)cc2c1C. The first-order chi connectivity index (χ1) is 9.15. The normalized spacial score (nSPS) is 20.1. The van der Waals surface area contributed by atoms with Gasteiger partial charge < -0.3 is 10.3 Å². The van der Waals surface area contributed by atoms with E-state index >= 15 is 0 Å². The molecule has 1 fully saturated rings. The molecule has 1 unspecified atom stereocenters. The van der Waals surface area contributed by atoms with Gasteiger partial charge in [-0.2, -0.15) is 0 Å². The molecule has 0 radical (unpaired) electrons. The second-order valence-corrected chi connectivity index (χ2v) is 5.79. The molecule has 2 heterocycles. The second kappa shape index (κ2) is 4.97. The fourth-order valence-corrected chi connectivity index (χ4v) is 3.12. The van der Waals surface area contributed by atoms with Crippen molar-refractivity contribution in [1.82, 2.24) is 10.3 Å². The van der Waals surface area contributed by atoms with Crippen LogP contribution in [0.5, 0.6) is 0 Å². The molecule has 3 heteroatoms. The van der Waals surface area contributed by atoms with Crippen LogP contribution in [0.1, 0.15) is 29.7 Å². The molecule has 3 rings (SSSR count). The molecule has 2 nitrogen and oxygen atoms in total. The number of piperidine rings is 1. The molecule has 1 aliphatic rings. The van der Waals surface area contributed by atoms with Crippen molar-refractivity contribution in [2.24, 2.45) is 5.92 Å². The summed E-state index contributed by atoms with van der Waals surface area (Å²) in [7, 11) is 0. The monoisotopic (exact) mass is 260 g/mol. The minimum atomic E-state index is -0.118. The molecule has 2 aromatic rings. The van der Waals surface area contributed by atoms with Gasteiger partial charge in [0, 0.05) is 11.1 Å². The fourth-order valence-electron chi connectivity index (χ4n) is 3.12. The Morgan fingerprint density at radius 1 is 1.32 bits per heavy atom. The Balaban J connectivity index is 1.93. The molecule has 0 aliphatic carbocycles. The maximum atomic E-state index is 14.1. The molecule has 0 amide bonds. The summed E-state index contributed by atoms with van der Waals surface area (Å²) in [6.07, 6.45) is 3.46. The third-order valence-electron chi connectivity index (χ3n) is 4.35. The van der Waals surface area contributed by atoms with E-state index in [4.69, 9.17) is 0 Å². The van der Waals surface area contributed by atoms with Crippen molar-refractivity contribution in [1.29, 1.82) is 0 Å². The molecule has 2 N–H and O–H groups in total. The predicted molar refractivity (Wildman–Crippen MR) is 77.0 cm³/mol. The van der Waals surface area contributed by atoms with E-state index in [1.165, 1.54) is 12.8 Å². The van der Waals surface area contributed by atoms with E-state index in [0.29, 0.717) is 11.4 Å². The number of rotatable bonds is 2. The first-order valence-corrected chi connectivity index (χ1v) is 7.13. The molecule has 0 bridgehead atoms. The van der Waals surface area contributed by atoms with Gasteiger partial charge in [0.2, 0.25) is 0 Å². The van der Waals surface area contributed by atoms with Crippen LogP contribution < -0.4 is 5.32 Å². The number of aromatic amines is 1. The van der Waals surface area contributed by atoms with Gasteiger partial charge in [0.1, 0.15) is 5.82 Å². The van der Waals surface area contributed by atoms with E-state index in [-0.39, 0.29) is 5.82 Å². The minimum absolute atomic E-state index is 0.118. The van der Waals surface area contributed by atoms with Gasteiger partial charge in [-0.05, 0) is 75.4 Å². The summed E-state index contributed by atoms with van der Waals surface area (Å²) >= 11 is 0. The van der Waals surface area contributed by atoms with E-state index in [2.05, 4.69) is 23.3 Å². The van der Waals surface area contributed by atoms with Gasteiger partial charge in [-0.25, -0.2) is 4.39 Å². The Morgan fingerprint density at radius 2 is 2.16 bits per heavy atom. The average Bonchev–Trinajstić information content (AvgIpc) is 2.68. The highest BCUT2D eigenvalue weighted by atomic mass is 19.1. The lowest BCUT2D eigenvalue weighted by atomic mass is 9.91. The van der Waals surface area contributed by atoms with Crippen LogP contribution in [-0.4, -0.2) is 18.1 Å². The van der Waals surface area contributed by atoms with Crippen molar-refractivity contribution >= 4 is 10.9 Å². The van der Waals surface area contributed by atoms with Gasteiger partial charge in [-0.3, -0.25) is 0 Å². The number of fused-ring (bicyclic) bond motifs is 1. The first kappa shape index (κ1) is 12.7. The van der Waals surface area contributed by atoms with E-state index in [1.54, 1.807) is 6.07 Å². The van der Waals surface area contributed by atoms with E-state index < -0.39 is 0 Å². The molecular formula is C16H21FN2. The van der Waals surface area contributed by atoms with Crippen molar-refractivity contribution < 1.29 is 4.39 Å². The molecule has 1 aromatic heterocycles. The molecule has 1 aliphatic heterocycles. The maximum absolute atomic E-state index is 14.1. The summed E-state index contributed by atoms with van der Waals surface area (Å²) in [5.41, 5.74) is 4.00. The van der Waals surface area contributed by atoms with Crippen LogP contribution in [0.15, 0.2) is 12.1 Å². The van der Waals surface area contributed by atoms with Gasteiger partial charge in [-0.15, -0.1) is 0 Å². The van der Waals surface area contributed by atoms with Crippen LogP contribution in [0.4, 0.5) is 4.39 Å². The number of nitrogens with one attached hydrogen (secondary N) is 2. The van der Waals surface area contributed by atoms with Crippen molar-refractivity contribution in [2.45, 2.75) is 33.1 Å². The molecule has 1 atom stereocenters. The van der Waals surface area contributed by atoms with Crippen molar-refractivity contribution in [3.8, 4) is 0 Å². The Bertz CT molecular complexity index is 594. The number of H-pyrrole nitrogens is 1. The zero-order chi connectivity index (χ0) is 13.4. The standard InChI is InChI=1S/C16H21FN2/c1-10-11(2)19-16-14(10)7-13(8-15(16)17)6-12-4-3-5-18-9-12/h7-8,12,18-19H,3-6,9H2,1-2H3. The minimum Gasteiger partial charge on any atom is -0.356 e. The first-order valence-electron chi connectivity index (χ1n) is 7.13. The van der Waals surface area contributed by atoms with Crippen molar-refractivity contribution in [2.75, 3.05) is 13.1 Å². The highest BCUT2D eigenvalue weighted by molar-refractivity contribution is 5.85. The molecule has 102 valence electrons. The second-order valence-electron chi connectivity index (χ2n) is 5.79. The van der Waals surface area contributed by atoms with E-state index in [9.17, 15) is 4.39 Å². The summed E-state index contributed by atoms with van der Waals surface area (Å²) in [5, 5.41) is 4.46. The Kier molecular flexibility index (Phi) is 3.31. The number of halogens is 1. The summed E-state index contributed by atoms with van der Waals surface area (Å²) < 4.78 is 14.1. The lowest BCUT2D eigenvalue weighted by Gasteiger charge is -2.22. The van der Waals surface area contributed by atoms with Gasteiger partial charge in [0.25, 0.3) is 0 Å². The third-order valence-corrected chi connectivity index (χ3v) is 4.35. The summed E-state index contributed by atoms with van der Waals surface area (Å²) in [4.78, 5) is 3.14. The Hall–Kier alpha value is -1.35. The number of hydrogen-bond donors (Lipinski definition) is 2. The molecule has 0 spiro atoms. The zero-order valence-corrected chi connectivity index (χ0v) is 11.6. The van der Waals surface area contributed by atoms with Gasteiger partial charge in [-0.1, -0.05) is 0 Å². The lowest BCUT2D eigenvalue weighted by Crippen LogP contribution is -2.30. The molecule has 19 heavy (non-hydrogen) atoms. The zero-order valence-electron chi connectivity index (χ0n) is 11.6. The largest absolute Gasteiger partial charge is 0.356 e. The summed E-state index contributed by atoms with van der Waals surface area (Å²) in [6.45, 7) is 6.24. The third kappa shape index (κ3) is 2.39. The molecule has 1 saturated heterocycles. The number of aromatic nitrogens is 1. The Morgan fingerprint density at radius 3 is 2.89 bits per heavy atom. The van der Waals surface area contributed by atoms with Crippen LogP contribution >= 0.6 is 0 Å². The van der Waals surface area contributed by atoms with E-state index in [1.807, 2.05) is 6.92 Å². The maximum Gasteiger partial charge on any atom is 0.147 e. The molecule has 0 saturated carbocycles. The number of benzene rings is 1.